The van der Waals surface area contributed by atoms with Gasteiger partial charge in [0.2, 0.25) is 5.91 Å². The number of hydrogen-bond acceptors (Lipinski definition) is 3. The predicted octanol–water partition coefficient (Wildman–Crippen LogP) is 0.998. The molecule has 1 unspecified atom stereocenters. The molecule has 1 aromatic rings. The molecule has 0 bridgehead atoms. The van der Waals surface area contributed by atoms with Gasteiger partial charge in [0.15, 0.2) is 5.78 Å². The highest BCUT2D eigenvalue weighted by molar-refractivity contribution is 6.00. The van der Waals surface area contributed by atoms with E-state index in [1.807, 2.05) is 43.0 Å². The van der Waals surface area contributed by atoms with E-state index in [1.165, 1.54) is 0 Å². The minimum atomic E-state index is -0.251. The van der Waals surface area contributed by atoms with Gasteiger partial charge in [0, 0.05) is 18.7 Å². The molecule has 1 aliphatic rings. The molecular formula is C14H18N2O2. The van der Waals surface area contributed by atoms with Crippen LogP contribution in [-0.4, -0.2) is 42.3 Å². The van der Waals surface area contributed by atoms with Crippen LogP contribution in [0.3, 0.4) is 0 Å². The third-order valence-corrected chi connectivity index (χ3v) is 3.33. The van der Waals surface area contributed by atoms with E-state index in [2.05, 4.69) is 5.32 Å². The van der Waals surface area contributed by atoms with E-state index >= 15 is 0 Å². The van der Waals surface area contributed by atoms with E-state index in [0.717, 1.165) is 12.1 Å². The number of carbonyl (C=O) groups is 2. The van der Waals surface area contributed by atoms with Crippen LogP contribution in [-0.2, 0) is 4.79 Å². The summed E-state index contributed by atoms with van der Waals surface area (Å²) in [7, 11) is 0. The first-order valence-corrected chi connectivity index (χ1v) is 6.19. The van der Waals surface area contributed by atoms with E-state index in [4.69, 9.17) is 0 Å². The molecule has 1 saturated heterocycles. The van der Waals surface area contributed by atoms with E-state index < -0.39 is 0 Å². The van der Waals surface area contributed by atoms with Crippen LogP contribution in [0.25, 0.3) is 0 Å². The summed E-state index contributed by atoms with van der Waals surface area (Å²) < 4.78 is 0. The summed E-state index contributed by atoms with van der Waals surface area (Å²) in [6.45, 7) is 5.50. The number of nitrogens with one attached hydrogen (secondary N) is 1. The number of nitrogens with zero attached hydrogens (tertiary/aromatic N) is 1. The summed E-state index contributed by atoms with van der Waals surface area (Å²) in [5.74, 6) is 0.0644. The Balaban J connectivity index is 2.08. The maximum absolute atomic E-state index is 12.3. The minimum absolute atomic E-state index is 0.00944. The summed E-state index contributed by atoms with van der Waals surface area (Å²) >= 11 is 0. The van der Waals surface area contributed by atoms with Crippen molar-refractivity contribution >= 4 is 11.7 Å². The van der Waals surface area contributed by atoms with Gasteiger partial charge in [-0.3, -0.25) is 14.5 Å². The number of aryl methyl sites for hydroxylation is 1. The maximum atomic E-state index is 12.3. The summed E-state index contributed by atoms with van der Waals surface area (Å²) in [6, 6.07) is 7.31. The lowest BCUT2D eigenvalue weighted by molar-refractivity contribution is -0.124. The number of piperazine rings is 1. The molecule has 0 spiro atoms. The monoisotopic (exact) mass is 246 g/mol. The molecule has 4 heteroatoms. The van der Waals surface area contributed by atoms with E-state index in [1.54, 1.807) is 0 Å². The Kier molecular flexibility index (Phi) is 3.77. The van der Waals surface area contributed by atoms with Crippen LogP contribution in [0, 0.1) is 6.92 Å². The van der Waals surface area contributed by atoms with Gasteiger partial charge < -0.3 is 5.32 Å². The van der Waals surface area contributed by atoms with Crippen LogP contribution in [0.2, 0.25) is 0 Å². The lowest BCUT2D eigenvalue weighted by Crippen LogP contribution is -2.52. The van der Waals surface area contributed by atoms with Crippen LogP contribution in [0.5, 0.6) is 0 Å². The minimum Gasteiger partial charge on any atom is -0.354 e. The molecule has 1 fully saturated rings. The molecule has 1 heterocycles. The Hall–Kier alpha value is -1.68. The summed E-state index contributed by atoms with van der Waals surface area (Å²) in [5, 5.41) is 2.76. The molecule has 1 N–H and O–H groups in total. The number of hydrogen-bond donors (Lipinski definition) is 1. The SMILES string of the molecule is Cc1ccc(C(=O)C(C)N2CCNC(=O)C2)cc1. The van der Waals surface area contributed by atoms with Gasteiger partial charge in [0.1, 0.15) is 0 Å². The lowest BCUT2D eigenvalue weighted by Gasteiger charge is -2.31. The van der Waals surface area contributed by atoms with Crippen molar-refractivity contribution in [2.24, 2.45) is 0 Å². The Labute approximate surface area is 107 Å². The largest absolute Gasteiger partial charge is 0.354 e. The van der Waals surface area contributed by atoms with Crippen molar-refractivity contribution in [2.75, 3.05) is 19.6 Å². The third-order valence-electron chi connectivity index (χ3n) is 3.33. The highest BCUT2D eigenvalue weighted by atomic mass is 16.2. The van der Waals surface area contributed by atoms with Crippen LogP contribution >= 0.6 is 0 Å². The Morgan fingerprint density at radius 3 is 2.61 bits per heavy atom. The third kappa shape index (κ3) is 2.76. The van der Waals surface area contributed by atoms with Gasteiger partial charge in [-0.1, -0.05) is 29.8 Å². The highest BCUT2D eigenvalue weighted by Crippen LogP contribution is 2.11. The van der Waals surface area contributed by atoms with Crippen molar-refractivity contribution in [3.8, 4) is 0 Å². The predicted molar refractivity (Wildman–Crippen MR) is 69.6 cm³/mol. The van der Waals surface area contributed by atoms with Gasteiger partial charge in [-0.2, -0.15) is 0 Å². The first kappa shape index (κ1) is 12.8. The zero-order valence-electron chi connectivity index (χ0n) is 10.8. The molecule has 1 atom stereocenters. The highest BCUT2D eigenvalue weighted by Gasteiger charge is 2.26. The number of rotatable bonds is 3. The van der Waals surface area contributed by atoms with E-state index in [9.17, 15) is 9.59 Å². The van der Waals surface area contributed by atoms with Gasteiger partial charge >= 0.3 is 0 Å². The van der Waals surface area contributed by atoms with Gasteiger partial charge in [0.05, 0.1) is 12.6 Å². The molecule has 96 valence electrons. The Bertz CT molecular complexity index is 453. The second kappa shape index (κ2) is 5.31. The second-order valence-electron chi connectivity index (χ2n) is 4.73. The van der Waals surface area contributed by atoms with Crippen molar-refractivity contribution in [1.82, 2.24) is 10.2 Å². The molecule has 18 heavy (non-hydrogen) atoms. The fourth-order valence-corrected chi connectivity index (χ4v) is 2.11. The smallest absolute Gasteiger partial charge is 0.234 e. The molecule has 0 aliphatic carbocycles. The quantitative estimate of drug-likeness (QED) is 0.809. The molecule has 1 aromatic carbocycles. The van der Waals surface area contributed by atoms with E-state index in [-0.39, 0.29) is 17.7 Å². The van der Waals surface area contributed by atoms with Crippen molar-refractivity contribution in [3.05, 3.63) is 35.4 Å². The first-order valence-electron chi connectivity index (χ1n) is 6.19. The van der Waals surface area contributed by atoms with Gasteiger partial charge in [0.25, 0.3) is 0 Å². The topological polar surface area (TPSA) is 49.4 Å². The van der Waals surface area contributed by atoms with Gasteiger partial charge in [-0.05, 0) is 13.8 Å². The number of ketones is 1. The van der Waals surface area contributed by atoms with Crippen molar-refractivity contribution < 1.29 is 9.59 Å². The molecule has 2 rings (SSSR count). The number of Topliss-reactive ketones (excluding diaryl/α,β-unsaturated/α-hetero) is 1. The zero-order chi connectivity index (χ0) is 13.1. The summed E-state index contributed by atoms with van der Waals surface area (Å²) in [6.07, 6.45) is 0. The van der Waals surface area contributed by atoms with Gasteiger partial charge in [-0.25, -0.2) is 0 Å². The number of carbonyl (C=O) groups excluding carboxylic acids is 2. The summed E-state index contributed by atoms with van der Waals surface area (Å²) in [5.41, 5.74) is 1.84. The van der Waals surface area contributed by atoms with Gasteiger partial charge in [-0.15, -0.1) is 0 Å². The van der Waals surface area contributed by atoms with Crippen LogP contribution in [0.15, 0.2) is 24.3 Å². The van der Waals surface area contributed by atoms with Crippen molar-refractivity contribution in [2.45, 2.75) is 19.9 Å². The standard InChI is InChI=1S/C14H18N2O2/c1-10-3-5-12(6-4-10)14(18)11(2)16-8-7-15-13(17)9-16/h3-6,11H,7-9H2,1-2H3,(H,15,17). The fourth-order valence-electron chi connectivity index (χ4n) is 2.11. The first-order chi connectivity index (χ1) is 8.58. The molecule has 4 nitrogen and oxygen atoms in total. The maximum Gasteiger partial charge on any atom is 0.234 e. The normalized spacial score (nSPS) is 18.2. The molecular weight excluding hydrogens is 228 g/mol. The Morgan fingerprint density at radius 1 is 1.33 bits per heavy atom. The Morgan fingerprint density at radius 2 is 2.00 bits per heavy atom. The van der Waals surface area contributed by atoms with Crippen LogP contribution in [0.1, 0.15) is 22.8 Å². The second-order valence-corrected chi connectivity index (χ2v) is 4.73. The van der Waals surface area contributed by atoms with Crippen molar-refractivity contribution in [3.63, 3.8) is 0 Å². The molecule has 1 amide bonds. The van der Waals surface area contributed by atoms with Crippen LogP contribution in [0.4, 0.5) is 0 Å². The summed E-state index contributed by atoms with van der Waals surface area (Å²) in [4.78, 5) is 25.5. The molecule has 0 aromatic heterocycles. The van der Waals surface area contributed by atoms with E-state index in [0.29, 0.717) is 18.7 Å². The average molecular weight is 246 g/mol. The lowest BCUT2D eigenvalue weighted by atomic mass is 10.0. The number of amides is 1. The number of benzene rings is 1. The molecule has 1 aliphatic heterocycles. The van der Waals surface area contributed by atoms with Crippen LogP contribution < -0.4 is 5.32 Å². The molecule has 0 saturated carbocycles. The average Bonchev–Trinajstić information content (AvgIpc) is 2.38. The molecule has 0 radical (unpaired) electrons. The van der Waals surface area contributed by atoms with Crippen molar-refractivity contribution in [1.29, 1.82) is 0 Å². The fraction of sp³-hybridized carbons (Fsp3) is 0.429. The zero-order valence-corrected chi connectivity index (χ0v) is 10.8.